The van der Waals surface area contributed by atoms with Gasteiger partial charge in [-0.1, -0.05) is 18.2 Å². The lowest BCUT2D eigenvalue weighted by atomic mass is 10.2. The van der Waals surface area contributed by atoms with Crippen LogP contribution in [0.5, 0.6) is 5.75 Å². The molecule has 2 rings (SSSR count). The van der Waals surface area contributed by atoms with Crippen LogP contribution < -0.4 is 15.4 Å². The van der Waals surface area contributed by atoms with E-state index in [4.69, 9.17) is 4.74 Å². The number of carbonyl (C=O) groups is 1. The van der Waals surface area contributed by atoms with Crippen molar-refractivity contribution < 1.29 is 9.53 Å². The molecule has 1 aliphatic heterocycles. The van der Waals surface area contributed by atoms with Gasteiger partial charge in [-0.3, -0.25) is 4.79 Å². The SMILES string of the molecule is Cl.O=C(CCCOc1ccccc1)NC1CCNC1. The Morgan fingerprint density at radius 2 is 2.16 bits per heavy atom. The van der Waals surface area contributed by atoms with Crippen LogP contribution in [0.25, 0.3) is 0 Å². The molecule has 0 spiro atoms. The van der Waals surface area contributed by atoms with E-state index in [1.54, 1.807) is 0 Å². The molecule has 1 atom stereocenters. The summed E-state index contributed by atoms with van der Waals surface area (Å²) in [6.45, 7) is 2.48. The third kappa shape index (κ3) is 5.94. The molecule has 106 valence electrons. The maximum Gasteiger partial charge on any atom is 0.220 e. The first kappa shape index (κ1) is 15.8. The largest absolute Gasteiger partial charge is 0.494 e. The topological polar surface area (TPSA) is 50.4 Å². The summed E-state index contributed by atoms with van der Waals surface area (Å²) < 4.78 is 5.53. The number of benzene rings is 1. The molecule has 1 unspecified atom stereocenters. The fourth-order valence-corrected chi connectivity index (χ4v) is 2.02. The van der Waals surface area contributed by atoms with E-state index in [0.717, 1.165) is 31.7 Å². The van der Waals surface area contributed by atoms with Gasteiger partial charge in [0, 0.05) is 19.0 Å². The minimum absolute atomic E-state index is 0. The van der Waals surface area contributed by atoms with Crippen molar-refractivity contribution in [2.24, 2.45) is 0 Å². The Hall–Kier alpha value is -1.26. The molecule has 0 aliphatic carbocycles. The second kappa shape index (κ2) is 8.77. The second-order valence-corrected chi connectivity index (χ2v) is 4.52. The zero-order chi connectivity index (χ0) is 12.6. The quantitative estimate of drug-likeness (QED) is 0.783. The number of para-hydroxylation sites is 1. The Morgan fingerprint density at radius 1 is 1.37 bits per heavy atom. The van der Waals surface area contributed by atoms with Gasteiger partial charge in [0.15, 0.2) is 0 Å². The van der Waals surface area contributed by atoms with Crippen LogP contribution in [0, 0.1) is 0 Å². The standard InChI is InChI=1S/C14H20N2O2.ClH/c17-14(16-12-8-9-15-11-12)7-4-10-18-13-5-2-1-3-6-13;/h1-3,5-6,12,15H,4,7-11H2,(H,16,17);1H. The summed E-state index contributed by atoms with van der Waals surface area (Å²) >= 11 is 0. The normalized spacial score (nSPS) is 17.6. The lowest BCUT2D eigenvalue weighted by Gasteiger charge is -2.11. The third-order valence-electron chi connectivity index (χ3n) is 2.99. The van der Waals surface area contributed by atoms with Crippen LogP contribution >= 0.6 is 12.4 Å². The maximum absolute atomic E-state index is 11.6. The Bertz CT molecular complexity index is 367. The van der Waals surface area contributed by atoms with Crippen LogP contribution in [0.15, 0.2) is 30.3 Å². The van der Waals surface area contributed by atoms with Crippen LogP contribution in [-0.4, -0.2) is 31.6 Å². The highest BCUT2D eigenvalue weighted by Gasteiger charge is 2.15. The number of halogens is 1. The highest BCUT2D eigenvalue weighted by atomic mass is 35.5. The zero-order valence-corrected chi connectivity index (χ0v) is 11.7. The van der Waals surface area contributed by atoms with Gasteiger partial charge in [-0.25, -0.2) is 0 Å². The van der Waals surface area contributed by atoms with Gasteiger partial charge in [-0.05, 0) is 31.5 Å². The fraction of sp³-hybridized carbons (Fsp3) is 0.500. The Labute approximate surface area is 120 Å². The molecular formula is C14H21ClN2O2. The van der Waals surface area contributed by atoms with Crippen molar-refractivity contribution >= 4 is 18.3 Å². The van der Waals surface area contributed by atoms with E-state index in [1.165, 1.54) is 0 Å². The lowest BCUT2D eigenvalue weighted by Crippen LogP contribution is -2.36. The van der Waals surface area contributed by atoms with Gasteiger partial charge in [0.05, 0.1) is 6.61 Å². The summed E-state index contributed by atoms with van der Waals surface area (Å²) in [6.07, 6.45) is 2.32. The molecule has 1 heterocycles. The molecule has 0 aromatic heterocycles. The molecule has 19 heavy (non-hydrogen) atoms. The smallest absolute Gasteiger partial charge is 0.220 e. The summed E-state index contributed by atoms with van der Waals surface area (Å²) in [5.74, 6) is 0.985. The number of carbonyl (C=O) groups excluding carboxylic acids is 1. The number of ether oxygens (including phenoxy) is 1. The summed E-state index contributed by atoms with van der Waals surface area (Å²) in [4.78, 5) is 11.6. The van der Waals surface area contributed by atoms with Crippen LogP contribution in [-0.2, 0) is 4.79 Å². The monoisotopic (exact) mass is 284 g/mol. The third-order valence-corrected chi connectivity index (χ3v) is 2.99. The van der Waals surface area contributed by atoms with E-state index in [1.807, 2.05) is 30.3 Å². The van der Waals surface area contributed by atoms with Crippen LogP contribution in [0.4, 0.5) is 0 Å². The van der Waals surface area contributed by atoms with Crippen molar-refractivity contribution in [3.8, 4) is 5.75 Å². The van der Waals surface area contributed by atoms with Crippen molar-refractivity contribution in [1.82, 2.24) is 10.6 Å². The molecular weight excluding hydrogens is 264 g/mol. The van der Waals surface area contributed by atoms with Crippen molar-refractivity contribution in [2.75, 3.05) is 19.7 Å². The molecule has 2 N–H and O–H groups in total. The van der Waals surface area contributed by atoms with Gasteiger partial charge in [-0.15, -0.1) is 12.4 Å². The first-order valence-corrected chi connectivity index (χ1v) is 6.52. The Morgan fingerprint density at radius 3 is 2.84 bits per heavy atom. The van der Waals surface area contributed by atoms with Crippen molar-refractivity contribution in [3.63, 3.8) is 0 Å². The molecule has 0 bridgehead atoms. The van der Waals surface area contributed by atoms with Crippen LogP contribution in [0.3, 0.4) is 0 Å². The summed E-state index contributed by atoms with van der Waals surface area (Å²) in [7, 11) is 0. The lowest BCUT2D eigenvalue weighted by molar-refractivity contribution is -0.121. The van der Waals surface area contributed by atoms with E-state index in [2.05, 4.69) is 10.6 Å². The van der Waals surface area contributed by atoms with E-state index < -0.39 is 0 Å². The molecule has 4 nitrogen and oxygen atoms in total. The number of amides is 1. The molecule has 1 aliphatic rings. The highest BCUT2D eigenvalue weighted by Crippen LogP contribution is 2.08. The Kier molecular flexibility index (Phi) is 7.30. The van der Waals surface area contributed by atoms with Crippen LogP contribution in [0.2, 0.25) is 0 Å². The summed E-state index contributed by atoms with van der Waals surface area (Å²) in [5.41, 5.74) is 0. The van der Waals surface area contributed by atoms with Gasteiger partial charge < -0.3 is 15.4 Å². The number of rotatable bonds is 6. The first-order valence-electron chi connectivity index (χ1n) is 6.52. The molecule has 0 radical (unpaired) electrons. The van der Waals surface area contributed by atoms with Gasteiger partial charge in [0.1, 0.15) is 5.75 Å². The number of hydrogen-bond acceptors (Lipinski definition) is 3. The summed E-state index contributed by atoms with van der Waals surface area (Å²) in [6, 6.07) is 9.99. The van der Waals surface area contributed by atoms with Crippen molar-refractivity contribution in [2.45, 2.75) is 25.3 Å². The van der Waals surface area contributed by atoms with E-state index in [9.17, 15) is 4.79 Å². The predicted octanol–water partition coefficient (Wildman–Crippen LogP) is 1.75. The highest BCUT2D eigenvalue weighted by molar-refractivity contribution is 5.85. The second-order valence-electron chi connectivity index (χ2n) is 4.52. The Balaban J connectivity index is 0.00000180. The fourth-order valence-electron chi connectivity index (χ4n) is 2.02. The van der Waals surface area contributed by atoms with Crippen molar-refractivity contribution in [1.29, 1.82) is 0 Å². The zero-order valence-electron chi connectivity index (χ0n) is 10.9. The van der Waals surface area contributed by atoms with Crippen LogP contribution in [0.1, 0.15) is 19.3 Å². The van der Waals surface area contributed by atoms with Gasteiger partial charge >= 0.3 is 0 Å². The molecule has 1 amide bonds. The molecule has 5 heteroatoms. The first-order chi connectivity index (χ1) is 8.84. The average molecular weight is 285 g/mol. The van der Waals surface area contributed by atoms with E-state index in [0.29, 0.717) is 19.1 Å². The minimum Gasteiger partial charge on any atom is -0.494 e. The van der Waals surface area contributed by atoms with Gasteiger partial charge in [0.25, 0.3) is 0 Å². The number of nitrogens with one attached hydrogen (secondary N) is 2. The van der Waals surface area contributed by atoms with E-state index in [-0.39, 0.29) is 18.3 Å². The van der Waals surface area contributed by atoms with Gasteiger partial charge in [0.2, 0.25) is 5.91 Å². The molecule has 1 aromatic rings. The molecule has 1 aromatic carbocycles. The molecule has 1 fully saturated rings. The minimum atomic E-state index is 0. The molecule has 0 saturated carbocycles. The van der Waals surface area contributed by atoms with Gasteiger partial charge in [-0.2, -0.15) is 0 Å². The van der Waals surface area contributed by atoms with Crippen molar-refractivity contribution in [3.05, 3.63) is 30.3 Å². The average Bonchev–Trinajstić information content (AvgIpc) is 2.89. The maximum atomic E-state index is 11.6. The molecule has 1 saturated heterocycles. The predicted molar refractivity (Wildman–Crippen MR) is 77.8 cm³/mol. The summed E-state index contributed by atoms with van der Waals surface area (Å²) in [5, 5.41) is 6.25. The number of hydrogen-bond donors (Lipinski definition) is 2. The van der Waals surface area contributed by atoms with E-state index >= 15 is 0 Å².